The first-order chi connectivity index (χ1) is 22.0. The van der Waals surface area contributed by atoms with Gasteiger partial charge in [0, 0.05) is 57.9 Å². The van der Waals surface area contributed by atoms with Gasteiger partial charge in [-0.1, -0.05) is 39.0 Å². The van der Waals surface area contributed by atoms with Crippen molar-refractivity contribution in [2.24, 2.45) is 17.3 Å². The summed E-state index contributed by atoms with van der Waals surface area (Å²) < 4.78 is 35.2. The maximum absolute atomic E-state index is 14.7. The zero-order valence-electron chi connectivity index (χ0n) is 29.8. The Morgan fingerprint density at radius 2 is 1.33 bits per heavy atom. The summed E-state index contributed by atoms with van der Waals surface area (Å²) in [5.74, 6) is -8.26. The molecule has 9 atom stereocenters. The van der Waals surface area contributed by atoms with E-state index in [9.17, 15) is 33.6 Å². The van der Waals surface area contributed by atoms with Gasteiger partial charge in [-0.3, -0.25) is 33.6 Å². The van der Waals surface area contributed by atoms with Crippen LogP contribution < -0.4 is 0 Å². The normalized spacial score (nSPS) is 33.2. The Balaban J connectivity index is 3.19. The highest BCUT2D eigenvalue weighted by molar-refractivity contribution is 5.95. The number of ketones is 2. The van der Waals surface area contributed by atoms with Crippen molar-refractivity contribution in [3.05, 3.63) is 24.3 Å². The molecule has 1 fully saturated rings. The summed E-state index contributed by atoms with van der Waals surface area (Å²) in [7, 11) is 0. The largest absolute Gasteiger partial charge is 0.458 e. The van der Waals surface area contributed by atoms with E-state index in [1.165, 1.54) is 26.0 Å². The van der Waals surface area contributed by atoms with Gasteiger partial charge < -0.3 is 28.4 Å². The third-order valence-electron chi connectivity index (χ3n) is 8.59. The van der Waals surface area contributed by atoms with Crippen molar-refractivity contribution in [2.75, 3.05) is 0 Å². The maximum atomic E-state index is 14.7. The molecule has 13 heteroatoms. The molecular formula is C35H50O13. The number of carbonyl (C=O) groups excluding carboxylic acids is 7. The molecule has 0 spiro atoms. The smallest absolute Gasteiger partial charge is 0.303 e. The molecule has 0 amide bonds. The van der Waals surface area contributed by atoms with Crippen LogP contribution in [0.5, 0.6) is 0 Å². The van der Waals surface area contributed by atoms with Crippen molar-refractivity contribution in [3.63, 3.8) is 0 Å². The van der Waals surface area contributed by atoms with E-state index in [2.05, 4.69) is 6.58 Å². The molecule has 0 aromatic carbocycles. The van der Waals surface area contributed by atoms with Gasteiger partial charge in [-0.05, 0) is 34.1 Å². The second kappa shape index (κ2) is 15.6. The molecule has 0 aromatic heterocycles. The SMILES string of the molecule is C=C1[C@H](OC(C)=O)[C@H]2[C@@H](OC(C)=O)[C@](C)(OC(C)=O)C[C@]2(OC(C)=O)C(=O)[C@H](C)/C=C\C(C)(C)C(=O)[C@H](OC(C)CCC)[C@H]1OC(C)=O. The number of carbonyl (C=O) groups is 7. The molecule has 2 aliphatic carbocycles. The standard InChI is InChI=1S/C35H50O13/c1-13-14-19(3)43-29-28(45-22(6)37)20(4)27(44-21(5)36)26-32(46-23(7)38)34(12,47-24(8)39)17-35(26,48-25(9)40)30(41)18(2)15-16-33(10,11)31(29)42/h15-16,18-19,26-29,32H,4,13-14,17H2,1-3,5-12H3/b16-15-/t18-,19?,26+,27+,28+,29-,32-,34-,35-/m1/s1. The number of esters is 5. The van der Waals surface area contributed by atoms with Crippen LogP contribution in [0.15, 0.2) is 24.3 Å². The van der Waals surface area contributed by atoms with Crippen LogP contribution in [0, 0.1) is 17.3 Å². The lowest BCUT2D eigenvalue weighted by Crippen LogP contribution is -2.58. The summed E-state index contributed by atoms with van der Waals surface area (Å²) in [5.41, 5.74) is -5.64. The van der Waals surface area contributed by atoms with E-state index >= 15 is 0 Å². The highest BCUT2D eigenvalue weighted by Crippen LogP contribution is 2.54. The summed E-state index contributed by atoms with van der Waals surface area (Å²) in [4.78, 5) is 92.5. The van der Waals surface area contributed by atoms with Gasteiger partial charge in [-0.25, -0.2) is 0 Å². The van der Waals surface area contributed by atoms with E-state index < -0.39 is 107 Å². The minimum atomic E-state index is -2.27. The fourth-order valence-corrected chi connectivity index (χ4v) is 6.76. The van der Waals surface area contributed by atoms with Gasteiger partial charge in [0.05, 0.1) is 12.0 Å². The van der Waals surface area contributed by atoms with Gasteiger partial charge in [0.15, 0.2) is 41.1 Å². The number of hydrogen-bond acceptors (Lipinski definition) is 13. The van der Waals surface area contributed by atoms with Crippen molar-refractivity contribution < 1.29 is 62.0 Å². The molecule has 0 aromatic rings. The lowest BCUT2D eigenvalue weighted by atomic mass is 9.72. The van der Waals surface area contributed by atoms with Crippen molar-refractivity contribution in [1.29, 1.82) is 0 Å². The molecule has 2 rings (SSSR count). The molecule has 1 saturated carbocycles. The van der Waals surface area contributed by atoms with Crippen molar-refractivity contribution in [2.45, 2.75) is 137 Å². The minimum absolute atomic E-state index is 0.228. The first-order valence-electron chi connectivity index (χ1n) is 16.1. The molecule has 1 unspecified atom stereocenters. The zero-order valence-corrected chi connectivity index (χ0v) is 29.8. The first kappa shape index (κ1) is 40.3. The molecule has 0 saturated heterocycles. The Morgan fingerprint density at radius 1 is 0.812 bits per heavy atom. The number of fused-ring (bicyclic) bond motifs is 1. The predicted octanol–water partition coefficient (Wildman–Crippen LogP) is 3.93. The summed E-state index contributed by atoms with van der Waals surface area (Å²) in [6, 6.07) is 0. The van der Waals surface area contributed by atoms with Crippen LogP contribution in [0.4, 0.5) is 0 Å². The Kier molecular flexibility index (Phi) is 13.1. The Hall–Kier alpha value is -3.87. The summed E-state index contributed by atoms with van der Waals surface area (Å²) in [6.45, 7) is 19.3. The van der Waals surface area contributed by atoms with Crippen molar-refractivity contribution >= 4 is 41.4 Å². The molecule has 0 N–H and O–H groups in total. The average Bonchev–Trinajstić information content (AvgIpc) is 3.16. The summed E-state index contributed by atoms with van der Waals surface area (Å²) >= 11 is 0. The second-order valence-electron chi connectivity index (χ2n) is 13.5. The van der Waals surface area contributed by atoms with Gasteiger partial charge in [-0.15, -0.1) is 0 Å². The minimum Gasteiger partial charge on any atom is -0.458 e. The number of allylic oxidation sites excluding steroid dienone is 2. The van der Waals surface area contributed by atoms with Gasteiger partial charge in [0.25, 0.3) is 0 Å². The zero-order chi connectivity index (χ0) is 36.9. The van der Waals surface area contributed by atoms with E-state index in [4.69, 9.17) is 28.4 Å². The van der Waals surface area contributed by atoms with Crippen molar-refractivity contribution in [3.8, 4) is 0 Å². The average molecular weight is 679 g/mol. The number of hydrogen-bond donors (Lipinski definition) is 0. The lowest BCUT2D eigenvalue weighted by Gasteiger charge is -2.42. The molecule has 0 bridgehead atoms. The van der Waals surface area contributed by atoms with Crippen LogP contribution >= 0.6 is 0 Å². The van der Waals surface area contributed by atoms with Gasteiger partial charge in [0.2, 0.25) is 0 Å². The predicted molar refractivity (Wildman–Crippen MR) is 170 cm³/mol. The Bertz CT molecular complexity index is 1350. The highest BCUT2D eigenvalue weighted by atomic mass is 16.6. The topological polar surface area (TPSA) is 175 Å². The van der Waals surface area contributed by atoms with Crippen LogP contribution in [0.1, 0.15) is 95.4 Å². The van der Waals surface area contributed by atoms with Crippen molar-refractivity contribution in [1.82, 2.24) is 0 Å². The van der Waals surface area contributed by atoms with E-state index in [-0.39, 0.29) is 5.57 Å². The first-order valence-corrected chi connectivity index (χ1v) is 16.1. The van der Waals surface area contributed by atoms with E-state index in [0.29, 0.717) is 12.8 Å². The molecule has 48 heavy (non-hydrogen) atoms. The summed E-state index contributed by atoms with van der Waals surface area (Å²) in [5, 5.41) is 0. The van der Waals surface area contributed by atoms with Crippen LogP contribution in [0.3, 0.4) is 0 Å². The van der Waals surface area contributed by atoms with Gasteiger partial charge in [-0.2, -0.15) is 0 Å². The quantitative estimate of drug-likeness (QED) is 0.195. The number of Topliss-reactive ketones (excluding diaryl/α,β-unsaturated/α-hetero) is 2. The second-order valence-corrected chi connectivity index (χ2v) is 13.5. The van der Waals surface area contributed by atoms with Gasteiger partial charge in [0.1, 0.15) is 6.10 Å². The Morgan fingerprint density at radius 3 is 1.81 bits per heavy atom. The fraction of sp³-hybridized carbons (Fsp3) is 0.686. The maximum Gasteiger partial charge on any atom is 0.303 e. The highest BCUT2D eigenvalue weighted by Gasteiger charge is 2.72. The summed E-state index contributed by atoms with van der Waals surface area (Å²) in [6.07, 6.45) is -3.26. The molecule has 268 valence electrons. The number of rotatable bonds is 9. The van der Waals surface area contributed by atoms with Crippen LogP contribution in [-0.2, 0) is 62.0 Å². The third-order valence-corrected chi connectivity index (χ3v) is 8.59. The Labute approximate surface area is 282 Å². The number of ether oxygens (including phenoxy) is 6. The van der Waals surface area contributed by atoms with E-state index in [1.807, 2.05) is 6.92 Å². The van der Waals surface area contributed by atoms with Crippen LogP contribution in [0.25, 0.3) is 0 Å². The van der Waals surface area contributed by atoms with E-state index in [0.717, 1.165) is 34.6 Å². The third kappa shape index (κ3) is 8.97. The van der Waals surface area contributed by atoms with E-state index in [1.54, 1.807) is 20.8 Å². The fourth-order valence-electron chi connectivity index (χ4n) is 6.76. The molecule has 2 aliphatic rings. The van der Waals surface area contributed by atoms with Gasteiger partial charge >= 0.3 is 29.8 Å². The lowest BCUT2D eigenvalue weighted by molar-refractivity contribution is -0.191. The molecular weight excluding hydrogens is 628 g/mol. The molecule has 0 heterocycles. The van der Waals surface area contributed by atoms with Crippen LogP contribution in [0.2, 0.25) is 0 Å². The molecule has 0 aliphatic heterocycles. The van der Waals surface area contributed by atoms with Crippen LogP contribution in [-0.4, -0.2) is 83.1 Å². The molecule has 0 radical (unpaired) electrons. The molecule has 13 nitrogen and oxygen atoms in total. The monoisotopic (exact) mass is 678 g/mol.